The summed E-state index contributed by atoms with van der Waals surface area (Å²) < 4.78 is 0. The van der Waals surface area contributed by atoms with Crippen molar-refractivity contribution in [3.8, 4) is 0 Å². The lowest BCUT2D eigenvalue weighted by atomic mass is 10.1. The van der Waals surface area contributed by atoms with Gasteiger partial charge in [0.2, 0.25) is 0 Å². The van der Waals surface area contributed by atoms with E-state index in [0.717, 1.165) is 34.9 Å². The summed E-state index contributed by atoms with van der Waals surface area (Å²) in [6, 6.07) is 7.65. The Bertz CT molecular complexity index is 520. The Hall–Kier alpha value is -1.74. The predicted octanol–water partition coefficient (Wildman–Crippen LogP) is 2.11. The number of hydrogen-bond donors (Lipinski definition) is 0. The number of fused-ring (bicyclic) bond motifs is 1. The number of carbonyl (C=O) groups excluding carboxylic acids is 1. The number of benzene rings is 1. The maximum Gasteiger partial charge on any atom is 0.150 e. The van der Waals surface area contributed by atoms with Crippen LogP contribution in [-0.2, 0) is 6.54 Å². The minimum absolute atomic E-state index is 0.722. The van der Waals surface area contributed by atoms with Gasteiger partial charge in [-0.3, -0.25) is 9.78 Å². The number of carbonyl (C=O) groups is 1. The van der Waals surface area contributed by atoms with Crippen LogP contribution in [0.4, 0.5) is 0 Å². The van der Waals surface area contributed by atoms with Gasteiger partial charge in [0.25, 0.3) is 0 Å². The summed E-state index contributed by atoms with van der Waals surface area (Å²) in [5.41, 5.74) is 1.70. The maximum absolute atomic E-state index is 10.9. The van der Waals surface area contributed by atoms with E-state index in [-0.39, 0.29) is 0 Å². The van der Waals surface area contributed by atoms with Gasteiger partial charge < -0.3 is 4.90 Å². The van der Waals surface area contributed by atoms with E-state index in [1.54, 1.807) is 0 Å². The van der Waals surface area contributed by atoms with Crippen LogP contribution in [0, 0.1) is 0 Å². The van der Waals surface area contributed by atoms with Gasteiger partial charge >= 0.3 is 0 Å². The van der Waals surface area contributed by atoms with Gasteiger partial charge in [0.05, 0.1) is 5.69 Å². The summed E-state index contributed by atoms with van der Waals surface area (Å²) in [6.45, 7) is 0.781. The molecule has 0 fully saturated rings. The van der Waals surface area contributed by atoms with Crippen LogP contribution in [0.5, 0.6) is 0 Å². The van der Waals surface area contributed by atoms with Crippen LogP contribution in [0.15, 0.2) is 30.5 Å². The zero-order valence-corrected chi connectivity index (χ0v) is 9.47. The van der Waals surface area contributed by atoms with Crippen molar-refractivity contribution in [2.75, 3.05) is 14.1 Å². The number of pyridine rings is 1. The molecule has 0 unspecified atom stereocenters. The molecule has 0 bridgehead atoms. The maximum atomic E-state index is 10.9. The predicted molar refractivity (Wildman–Crippen MR) is 64.5 cm³/mol. The van der Waals surface area contributed by atoms with E-state index in [4.69, 9.17) is 0 Å². The third-order valence-corrected chi connectivity index (χ3v) is 2.46. The zero-order chi connectivity index (χ0) is 11.5. The summed E-state index contributed by atoms with van der Waals surface area (Å²) in [7, 11) is 4.00. The molecule has 2 rings (SSSR count). The first kappa shape index (κ1) is 10.8. The largest absolute Gasteiger partial charge is 0.304 e. The number of nitrogens with zero attached hydrogens (tertiary/aromatic N) is 2. The molecule has 0 atom stereocenters. The summed E-state index contributed by atoms with van der Waals surface area (Å²) in [5, 5.41) is 1.98. The van der Waals surface area contributed by atoms with E-state index < -0.39 is 0 Å². The number of aromatic nitrogens is 1. The molecule has 2 aromatic rings. The fourth-order valence-electron chi connectivity index (χ4n) is 1.75. The van der Waals surface area contributed by atoms with Gasteiger partial charge in [0, 0.05) is 23.7 Å². The zero-order valence-electron chi connectivity index (χ0n) is 9.47. The number of aldehydes is 1. The highest BCUT2D eigenvalue weighted by Crippen LogP contribution is 2.18. The lowest BCUT2D eigenvalue weighted by molar-refractivity contribution is 0.112. The normalized spacial score (nSPS) is 10.9. The van der Waals surface area contributed by atoms with Crippen molar-refractivity contribution < 1.29 is 4.79 Å². The summed E-state index contributed by atoms with van der Waals surface area (Å²) in [5.74, 6) is 0. The van der Waals surface area contributed by atoms with E-state index in [9.17, 15) is 4.79 Å². The molecule has 0 spiro atoms. The van der Waals surface area contributed by atoms with Crippen molar-refractivity contribution in [3.63, 3.8) is 0 Å². The molecule has 0 amide bonds. The quantitative estimate of drug-likeness (QED) is 0.734. The lowest BCUT2D eigenvalue weighted by Gasteiger charge is -2.09. The van der Waals surface area contributed by atoms with Crippen LogP contribution in [-0.4, -0.2) is 30.3 Å². The number of rotatable bonds is 3. The smallest absolute Gasteiger partial charge is 0.150 e. The molecule has 82 valence electrons. The van der Waals surface area contributed by atoms with Gasteiger partial charge in [-0.15, -0.1) is 0 Å². The van der Waals surface area contributed by atoms with E-state index in [1.165, 1.54) is 0 Å². The van der Waals surface area contributed by atoms with Crippen LogP contribution in [0.1, 0.15) is 16.1 Å². The van der Waals surface area contributed by atoms with Gasteiger partial charge in [-0.05, 0) is 25.5 Å². The molecule has 0 aliphatic heterocycles. The van der Waals surface area contributed by atoms with Gasteiger partial charge in [-0.25, -0.2) is 0 Å². The fourth-order valence-corrected chi connectivity index (χ4v) is 1.75. The van der Waals surface area contributed by atoms with Crippen molar-refractivity contribution in [1.29, 1.82) is 0 Å². The lowest BCUT2D eigenvalue weighted by Crippen LogP contribution is -2.11. The first-order valence-electron chi connectivity index (χ1n) is 5.18. The Balaban J connectivity index is 2.54. The highest BCUT2D eigenvalue weighted by Gasteiger charge is 2.03. The van der Waals surface area contributed by atoms with Crippen LogP contribution in [0.3, 0.4) is 0 Å². The monoisotopic (exact) mass is 214 g/mol. The number of hydrogen-bond acceptors (Lipinski definition) is 3. The molecule has 0 aliphatic carbocycles. The minimum Gasteiger partial charge on any atom is -0.304 e. The Kier molecular flexibility index (Phi) is 2.97. The molecule has 1 heterocycles. The van der Waals surface area contributed by atoms with Crippen molar-refractivity contribution >= 4 is 17.1 Å². The Morgan fingerprint density at radius 3 is 2.88 bits per heavy atom. The van der Waals surface area contributed by atoms with E-state index >= 15 is 0 Å². The average molecular weight is 214 g/mol. The molecule has 0 saturated carbocycles. The molecule has 0 aliphatic rings. The standard InChI is InChI=1S/C13H14N2O/c1-15(2)8-12-6-13-10(7-14-12)4-3-5-11(13)9-16/h3-7,9H,8H2,1-2H3. The molecule has 3 nitrogen and oxygen atoms in total. The van der Waals surface area contributed by atoms with E-state index in [0.29, 0.717) is 0 Å². The van der Waals surface area contributed by atoms with Gasteiger partial charge in [-0.2, -0.15) is 0 Å². The highest BCUT2D eigenvalue weighted by atomic mass is 16.1. The summed E-state index contributed by atoms with van der Waals surface area (Å²) in [4.78, 5) is 17.3. The van der Waals surface area contributed by atoms with Gasteiger partial charge in [0.15, 0.2) is 6.29 Å². The first-order valence-corrected chi connectivity index (χ1v) is 5.18. The third kappa shape index (κ3) is 2.09. The second kappa shape index (κ2) is 4.41. The Morgan fingerprint density at radius 2 is 2.19 bits per heavy atom. The topological polar surface area (TPSA) is 33.2 Å². The second-order valence-corrected chi connectivity index (χ2v) is 4.10. The SMILES string of the molecule is CN(C)Cc1cc2c(C=O)cccc2cn1. The summed E-state index contributed by atoms with van der Waals surface area (Å²) >= 11 is 0. The van der Waals surface area contributed by atoms with Gasteiger partial charge in [-0.1, -0.05) is 18.2 Å². The Morgan fingerprint density at radius 1 is 1.38 bits per heavy atom. The summed E-state index contributed by atoms with van der Waals surface area (Å²) in [6.07, 6.45) is 2.71. The second-order valence-electron chi connectivity index (χ2n) is 4.10. The average Bonchev–Trinajstić information content (AvgIpc) is 2.27. The Labute approximate surface area is 94.7 Å². The third-order valence-electron chi connectivity index (χ3n) is 2.46. The van der Waals surface area contributed by atoms with Crippen molar-refractivity contribution in [1.82, 2.24) is 9.88 Å². The van der Waals surface area contributed by atoms with Crippen LogP contribution < -0.4 is 0 Å². The van der Waals surface area contributed by atoms with Gasteiger partial charge in [0.1, 0.15) is 0 Å². The fraction of sp³-hybridized carbons (Fsp3) is 0.231. The minimum atomic E-state index is 0.722. The van der Waals surface area contributed by atoms with Crippen LogP contribution in [0.25, 0.3) is 10.8 Å². The molecule has 1 aromatic carbocycles. The molecular weight excluding hydrogens is 200 g/mol. The van der Waals surface area contributed by atoms with Crippen molar-refractivity contribution in [2.24, 2.45) is 0 Å². The van der Waals surface area contributed by atoms with Crippen LogP contribution >= 0.6 is 0 Å². The molecule has 0 saturated heterocycles. The van der Waals surface area contributed by atoms with E-state index in [1.807, 2.05) is 44.6 Å². The highest BCUT2D eigenvalue weighted by molar-refractivity contribution is 5.97. The van der Waals surface area contributed by atoms with Crippen LogP contribution in [0.2, 0.25) is 0 Å². The van der Waals surface area contributed by atoms with Crippen molar-refractivity contribution in [3.05, 3.63) is 41.7 Å². The van der Waals surface area contributed by atoms with Crippen molar-refractivity contribution in [2.45, 2.75) is 6.54 Å². The molecule has 0 radical (unpaired) electrons. The molecular formula is C13H14N2O. The van der Waals surface area contributed by atoms with E-state index in [2.05, 4.69) is 9.88 Å². The molecule has 3 heteroatoms. The molecule has 16 heavy (non-hydrogen) atoms. The molecule has 1 aromatic heterocycles. The molecule has 0 N–H and O–H groups in total. The first-order chi connectivity index (χ1) is 7.70.